The molecule has 0 saturated heterocycles. The van der Waals surface area contributed by atoms with Gasteiger partial charge in [-0.05, 0) is 43.9 Å². The van der Waals surface area contributed by atoms with Gasteiger partial charge in [-0.1, -0.05) is 13.3 Å². The van der Waals surface area contributed by atoms with Gasteiger partial charge in [-0.15, -0.1) is 22.7 Å². The first-order chi connectivity index (χ1) is 9.86. The monoisotopic (exact) mass is 306 g/mol. The Labute approximate surface area is 129 Å². The summed E-state index contributed by atoms with van der Waals surface area (Å²) in [5.41, 5.74) is 3.55. The first-order valence-electron chi connectivity index (χ1n) is 7.59. The molecule has 0 aliphatic heterocycles. The number of thiazole rings is 1. The number of nitrogens with zero attached hydrogens (tertiary/aromatic N) is 1. The molecule has 0 bridgehead atoms. The SMILES string of the molecule is CCNC(Cc1cncs1)c1cc2c(s1)CCCCC2. The Morgan fingerprint density at radius 3 is 3.00 bits per heavy atom. The Balaban J connectivity index is 1.80. The van der Waals surface area contributed by atoms with Crippen molar-refractivity contribution >= 4 is 22.7 Å². The van der Waals surface area contributed by atoms with Gasteiger partial charge in [0.1, 0.15) is 0 Å². The van der Waals surface area contributed by atoms with E-state index in [0.717, 1.165) is 13.0 Å². The Morgan fingerprint density at radius 2 is 2.20 bits per heavy atom. The van der Waals surface area contributed by atoms with Crippen LogP contribution in [0.25, 0.3) is 0 Å². The van der Waals surface area contributed by atoms with Crippen molar-refractivity contribution in [3.8, 4) is 0 Å². The minimum absolute atomic E-state index is 0.456. The molecular formula is C16H22N2S2. The summed E-state index contributed by atoms with van der Waals surface area (Å²) in [7, 11) is 0. The second kappa shape index (κ2) is 6.83. The minimum atomic E-state index is 0.456. The lowest BCUT2D eigenvalue weighted by Crippen LogP contribution is -2.21. The van der Waals surface area contributed by atoms with E-state index in [1.165, 1.54) is 41.9 Å². The second-order valence-corrected chi connectivity index (χ2v) is 7.58. The van der Waals surface area contributed by atoms with Gasteiger partial charge in [-0.3, -0.25) is 4.98 Å². The van der Waals surface area contributed by atoms with E-state index in [-0.39, 0.29) is 0 Å². The molecule has 0 saturated carbocycles. The van der Waals surface area contributed by atoms with Gasteiger partial charge < -0.3 is 5.32 Å². The summed E-state index contributed by atoms with van der Waals surface area (Å²) >= 11 is 3.80. The third-order valence-corrected chi connectivity index (χ3v) is 6.10. The molecule has 2 aromatic heterocycles. The molecule has 1 aliphatic carbocycles. The summed E-state index contributed by atoms with van der Waals surface area (Å²) < 4.78 is 0. The Bertz CT molecular complexity index is 507. The normalized spacial score (nSPS) is 16.6. The van der Waals surface area contributed by atoms with Gasteiger partial charge in [0.15, 0.2) is 0 Å². The summed E-state index contributed by atoms with van der Waals surface area (Å²) in [5.74, 6) is 0. The zero-order valence-corrected chi connectivity index (χ0v) is 13.7. The quantitative estimate of drug-likeness (QED) is 0.830. The molecule has 0 fully saturated rings. The lowest BCUT2D eigenvalue weighted by atomic mass is 10.1. The molecule has 4 heteroatoms. The first kappa shape index (κ1) is 14.2. The van der Waals surface area contributed by atoms with Crippen molar-refractivity contribution < 1.29 is 0 Å². The van der Waals surface area contributed by atoms with Crippen molar-refractivity contribution in [3.05, 3.63) is 38.0 Å². The largest absolute Gasteiger partial charge is 0.309 e. The van der Waals surface area contributed by atoms with Gasteiger partial charge in [0.2, 0.25) is 0 Å². The average molecular weight is 307 g/mol. The fourth-order valence-electron chi connectivity index (χ4n) is 2.93. The van der Waals surface area contributed by atoms with Gasteiger partial charge in [-0.25, -0.2) is 0 Å². The smallest absolute Gasteiger partial charge is 0.0794 e. The maximum atomic E-state index is 4.20. The van der Waals surface area contributed by atoms with Crippen molar-refractivity contribution in [3.63, 3.8) is 0 Å². The molecule has 1 N–H and O–H groups in total. The number of hydrogen-bond acceptors (Lipinski definition) is 4. The van der Waals surface area contributed by atoms with Crippen LogP contribution in [-0.2, 0) is 19.3 Å². The van der Waals surface area contributed by atoms with Gasteiger partial charge >= 0.3 is 0 Å². The van der Waals surface area contributed by atoms with Gasteiger partial charge in [0, 0.05) is 33.3 Å². The van der Waals surface area contributed by atoms with E-state index >= 15 is 0 Å². The lowest BCUT2D eigenvalue weighted by Gasteiger charge is -2.15. The van der Waals surface area contributed by atoms with E-state index in [1.54, 1.807) is 21.8 Å². The molecule has 20 heavy (non-hydrogen) atoms. The van der Waals surface area contributed by atoms with Crippen molar-refractivity contribution in [1.82, 2.24) is 10.3 Å². The maximum Gasteiger partial charge on any atom is 0.0794 e. The molecule has 1 aliphatic rings. The summed E-state index contributed by atoms with van der Waals surface area (Å²) in [5, 5.41) is 3.65. The number of nitrogens with one attached hydrogen (secondary N) is 1. The lowest BCUT2D eigenvalue weighted by molar-refractivity contribution is 0.561. The molecule has 2 aromatic rings. The van der Waals surface area contributed by atoms with E-state index in [9.17, 15) is 0 Å². The molecule has 2 heterocycles. The molecule has 1 unspecified atom stereocenters. The molecule has 1 atom stereocenters. The van der Waals surface area contributed by atoms with Gasteiger partial charge in [0.05, 0.1) is 5.51 Å². The van der Waals surface area contributed by atoms with Gasteiger partial charge in [0.25, 0.3) is 0 Å². The first-order valence-corrected chi connectivity index (χ1v) is 9.28. The zero-order valence-electron chi connectivity index (χ0n) is 12.0. The number of thiophene rings is 1. The maximum absolute atomic E-state index is 4.20. The highest BCUT2D eigenvalue weighted by Gasteiger charge is 2.18. The van der Waals surface area contributed by atoms with Crippen LogP contribution in [0.3, 0.4) is 0 Å². The number of fused-ring (bicyclic) bond motifs is 1. The third kappa shape index (κ3) is 3.30. The van der Waals surface area contributed by atoms with Crippen molar-refractivity contribution in [2.24, 2.45) is 0 Å². The highest BCUT2D eigenvalue weighted by molar-refractivity contribution is 7.12. The summed E-state index contributed by atoms with van der Waals surface area (Å²) in [6.07, 6.45) is 9.78. The van der Waals surface area contributed by atoms with Crippen LogP contribution in [-0.4, -0.2) is 11.5 Å². The summed E-state index contributed by atoms with van der Waals surface area (Å²) in [6.45, 7) is 3.21. The molecule has 3 rings (SSSR count). The molecule has 0 amide bonds. The summed E-state index contributed by atoms with van der Waals surface area (Å²) in [4.78, 5) is 8.74. The van der Waals surface area contributed by atoms with E-state index in [2.05, 4.69) is 23.3 Å². The Kier molecular flexibility index (Phi) is 4.86. The van der Waals surface area contributed by atoms with Crippen LogP contribution in [0.15, 0.2) is 17.8 Å². The molecule has 2 nitrogen and oxygen atoms in total. The zero-order chi connectivity index (χ0) is 13.8. The number of hydrogen-bond donors (Lipinski definition) is 1. The van der Waals surface area contributed by atoms with Crippen molar-refractivity contribution in [2.75, 3.05) is 6.54 Å². The number of aromatic nitrogens is 1. The average Bonchev–Trinajstić information content (AvgIpc) is 3.04. The molecule has 0 spiro atoms. The van der Waals surface area contributed by atoms with Crippen molar-refractivity contribution in [1.29, 1.82) is 0 Å². The standard InChI is InChI=1S/C16H22N2S2/c1-2-18-14(9-13-10-17-11-19-13)16-8-12-6-4-3-5-7-15(12)20-16/h8,10-11,14,18H,2-7,9H2,1H3. The third-order valence-electron chi connectivity index (χ3n) is 3.95. The predicted molar refractivity (Wildman–Crippen MR) is 87.8 cm³/mol. The molecular weight excluding hydrogens is 284 g/mol. The molecule has 0 radical (unpaired) electrons. The predicted octanol–water partition coefficient (Wildman–Crippen LogP) is 4.37. The van der Waals surface area contributed by atoms with Crippen LogP contribution in [0.2, 0.25) is 0 Å². The van der Waals surface area contributed by atoms with E-state index in [0.29, 0.717) is 6.04 Å². The van der Waals surface area contributed by atoms with Gasteiger partial charge in [-0.2, -0.15) is 0 Å². The summed E-state index contributed by atoms with van der Waals surface area (Å²) in [6, 6.07) is 2.93. The van der Waals surface area contributed by atoms with E-state index in [4.69, 9.17) is 0 Å². The van der Waals surface area contributed by atoms with E-state index < -0.39 is 0 Å². The van der Waals surface area contributed by atoms with Crippen LogP contribution in [0.5, 0.6) is 0 Å². The van der Waals surface area contributed by atoms with Crippen LogP contribution in [0, 0.1) is 0 Å². The highest BCUT2D eigenvalue weighted by Crippen LogP contribution is 2.33. The highest BCUT2D eigenvalue weighted by atomic mass is 32.1. The van der Waals surface area contributed by atoms with E-state index in [1.807, 2.05) is 23.0 Å². The second-order valence-electron chi connectivity index (χ2n) is 5.44. The topological polar surface area (TPSA) is 24.9 Å². The fraction of sp³-hybridized carbons (Fsp3) is 0.562. The number of rotatable bonds is 5. The number of likely N-dealkylation sites (N-methyl/N-ethyl adjacent to an activating group) is 1. The van der Waals surface area contributed by atoms with Crippen LogP contribution in [0.1, 0.15) is 52.4 Å². The Hall–Kier alpha value is -0.710. The number of aryl methyl sites for hydroxylation is 2. The minimum Gasteiger partial charge on any atom is -0.309 e. The van der Waals surface area contributed by atoms with Crippen LogP contribution in [0.4, 0.5) is 0 Å². The van der Waals surface area contributed by atoms with Crippen LogP contribution >= 0.6 is 22.7 Å². The Morgan fingerprint density at radius 1 is 1.30 bits per heavy atom. The van der Waals surface area contributed by atoms with Crippen molar-refractivity contribution in [2.45, 2.75) is 51.5 Å². The molecule has 0 aromatic carbocycles. The fourth-order valence-corrected chi connectivity index (χ4v) is 4.90. The van der Waals surface area contributed by atoms with Crippen LogP contribution < -0.4 is 5.32 Å². The molecule has 108 valence electrons.